The number of nitrogens with zero attached hydrogens (tertiary/aromatic N) is 2. The molecule has 5 rings (SSSR count). The number of aryl methyl sites for hydroxylation is 1. The molecule has 0 atom stereocenters. The van der Waals surface area contributed by atoms with Crippen molar-refractivity contribution in [3.8, 4) is 22.6 Å². The van der Waals surface area contributed by atoms with Gasteiger partial charge in [0, 0.05) is 23.3 Å². The van der Waals surface area contributed by atoms with Crippen molar-refractivity contribution in [1.82, 2.24) is 9.97 Å². The number of carbonyl (C=O) groups excluding carboxylic acids is 1. The Labute approximate surface area is 208 Å². The third-order valence-corrected chi connectivity index (χ3v) is 6.14. The number of allylic oxidation sites excluding steroid dienone is 1. The molecule has 5 aromatic rings. The summed E-state index contributed by atoms with van der Waals surface area (Å²) in [5.41, 5.74) is 5.31. The van der Waals surface area contributed by atoms with Gasteiger partial charge < -0.3 is 19.2 Å². The van der Waals surface area contributed by atoms with E-state index in [2.05, 4.69) is 27.9 Å². The van der Waals surface area contributed by atoms with Crippen molar-refractivity contribution in [2.45, 2.75) is 12.8 Å². The van der Waals surface area contributed by atoms with Crippen LogP contribution >= 0.6 is 0 Å². The van der Waals surface area contributed by atoms with Gasteiger partial charge in [-0.3, -0.25) is 4.79 Å². The first-order valence-electron chi connectivity index (χ1n) is 11.5. The molecule has 3 aromatic carbocycles. The van der Waals surface area contributed by atoms with Gasteiger partial charge in [0.05, 0.1) is 31.7 Å². The monoisotopic (exact) mass is 479 g/mol. The Morgan fingerprint density at radius 3 is 2.61 bits per heavy atom. The zero-order chi connectivity index (χ0) is 25.1. The second kappa shape index (κ2) is 9.92. The van der Waals surface area contributed by atoms with Crippen LogP contribution in [0.2, 0.25) is 0 Å². The predicted molar refractivity (Wildman–Crippen MR) is 141 cm³/mol. The van der Waals surface area contributed by atoms with Crippen molar-refractivity contribution in [2.24, 2.45) is 0 Å². The van der Waals surface area contributed by atoms with Crippen LogP contribution in [0.15, 0.2) is 84.3 Å². The molecule has 0 aliphatic carbocycles. The van der Waals surface area contributed by atoms with Crippen molar-refractivity contribution < 1.29 is 18.7 Å². The molecule has 0 aliphatic rings. The van der Waals surface area contributed by atoms with E-state index in [4.69, 9.17) is 13.9 Å². The van der Waals surface area contributed by atoms with E-state index in [1.165, 1.54) is 12.4 Å². The lowest BCUT2D eigenvalue weighted by Crippen LogP contribution is -2.02. The zero-order valence-corrected chi connectivity index (χ0v) is 20.1. The van der Waals surface area contributed by atoms with E-state index in [9.17, 15) is 4.79 Å². The number of aromatic nitrogens is 2. The summed E-state index contributed by atoms with van der Waals surface area (Å²) in [5.74, 6) is 1.97. The molecule has 2 aromatic heterocycles. The number of methoxy groups -OCH3 is 2. The molecule has 180 valence electrons. The average Bonchev–Trinajstić information content (AvgIpc) is 3.39. The number of benzene rings is 3. The highest BCUT2D eigenvalue weighted by Crippen LogP contribution is 2.36. The number of ether oxygens (including phenoxy) is 2. The molecule has 7 heteroatoms. The van der Waals surface area contributed by atoms with Crippen LogP contribution in [0.4, 0.5) is 11.5 Å². The van der Waals surface area contributed by atoms with Crippen LogP contribution in [-0.4, -0.2) is 30.0 Å². The number of carbonyl (C=O) groups is 1. The van der Waals surface area contributed by atoms with Gasteiger partial charge in [0.2, 0.25) is 0 Å². The minimum absolute atomic E-state index is 0.0185. The Morgan fingerprint density at radius 1 is 1.00 bits per heavy atom. The molecular weight excluding hydrogens is 454 g/mol. The number of rotatable bonds is 9. The lowest BCUT2D eigenvalue weighted by atomic mass is 10.0. The summed E-state index contributed by atoms with van der Waals surface area (Å²) in [4.78, 5) is 20.7. The molecule has 0 bridgehead atoms. The number of hydrogen-bond donors (Lipinski definition) is 1. The van der Waals surface area contributed by atoms with Crippen LogP contribution < -0.4 is 14.8 Å². The second-order valence-corrected chi connectivity index (χ2v) is 8.29. The lowest BCUT2D eigenvalue weighted by molar-refractivity contribution is -0.114. The summed E-state index contributed by atoms with van der Waals surface area (Å²) in [6, 6.07) is 17.8. The van der Waals surface area contributed by atoms with Crippen molar-refractivity contribution in [3.05, 3.63) is 85.4 Å². The van der Waals surface area contributed by atoms with Gasteiger partial charge >= 0.3 is 0 Å². The normalized spacial score (nSPS) is 10.9. The lowest BCUT2D eigenvalue weighted by Gasteiger charge is -2.15. The predicted octanol–water partition coefficient (Wildman–Crippen LogP) is 6.49. The second-order valence-electron chi connectivity index (χ2n) is 8.29. The van der Waals surface area contributed by atoms with E-state index in [1.54, 1.807) is 20.5 Å². The molecule has 0 saturated heterocycles. The smallest absolute Gasteiger partial charge is 0.155 e. The van der Waals surface area contributed by atoms with E-state index in [0.29, 0.717) is 30.2 Å². The van der Waals surface area contributed by atoms with Gasteiger partial charge in [-0.1, -0.05) is 18.7 Å². The Hall–Kier alpha value is -4.65. The van der Waals surface area contributed by atoms with Crippen LogP contribution in [0.5, 0.6) is 11.5 Å². The van der Waals surface area contributed by atoms with Gasteiger partial charge in [-0.05, 0) is 65.6 Å². The highest BCUT2D eigenvalue weighted by Gasteiger charge is 2.14. The molecule has 0 spiro atoms. The Balaban J connectivity index is 1.54. The van der Waals surface area contributed by atoms with Crippen molar-refractivity contribution in [2.75, 3.05) is 19.5 Å². The SMILES string of the molecule is C=CC(=O)CCc1cc2c(Nc3cc(-c4ccc5occc5c4)ccc3OC)ncnc2cc1OC. The van der Waals surface area contributed by atoms with Gasteiger partial charge in [0.15, 0.2) is 5.78 Å². The van der Waals surface area contributed by atoms with Crippen LogP contribution in [0.3, 0.4) is 0 Å². The standard InChI is InChI=1S/C29H25N3O4/c1-4-22(33)8-5-20-14-23-24(16-28(20)35-3)30-17-31-29(23)32-25-15-19(7-10-27(25)34-2)18-6-9-26-21(13-18)11-12-36-26/h4,6-7,9-17H,1,5,8H2,2-3H3,(H,30,31,32). The summed E-state index contributed by atoms with van der Waals surface area (Å²) >= 11 is 0. The summed E-state index contributed by atoms with van der Waals surface area (Å²) in [5, 5.41) is 5.28. The summed E-state index contributed by atoms with van der Waals surface area (Å²) in [7, 11) is 3.24. The van der Waals surface area contributed by atoms with Gasteiger partial charge in [0.1, 0.15) is 29.2 Å². The van der Waals surface area contributed by atoms with E-state index >= 15 is 0 Å². The van der Waals surface area contributed by atoms with Crippen molar-refractivity contribution >= 4 is 39.2 Å². The molecule has 2 heterocycles. The first-order valence-corrected chi connectivity index (χ1v) is 11.5. The molecule has 0 radical (unpaired) electrons. The number of furan rings is 1. The number of hydrogen-bond acceptors (Lipinski definition) is 7. The molecule has 1 N–H and O–H groups in total. The van der Waals surface area contributed by atoms with E-state index < -0.39 is 0 Å². The molecular formula is C29H25N3O4. The van der Waals surface area contributed by atoms with Crippen LogP contribution in [0, 0.1) is 0 Å². The number of anilines is 2. The molecule has 0 fully saturated rings. The Kier molecular flexibility index (Phi) is 6.36. The highest BCUT2D eigenvalue weighted by atomic mass is 16.5. The third-order valence-electron chi connectivity index (χ3n) is 6.14. The van der Waals surface area contributed by atoms with E-state index in [0.717, 1.165) is 44.2 Å². The minimum Gasteiger partial charge on any atom is -0.496 e. The minimum atomic E-state index is -0.0185. The third kappa shape index (κ3) is 4.51. The largest absolute Gasteiger partial charge is 0.496 e. The number of fused-ring (bicyclic) bond motifs is 2. The number of nitrogens with one attached hydrogen (secondary N) is 1. The van der Waals surface area contributed by atoms with Crippen molar-refractivity contribution in [3.63, 3.8) is 0 Å². The number of ketones is 1. The molecule has 0 saturated carbocycles. The Bertz CT molecular complexity index is 1590. The fraction of sp³-hybridized carbons (Fsp3) is 0.138. The molecule has 0 unspecified atom stereocenters. The Morgan fingerprint density at radius 2 is 1.81 bits per heavy atom. The van der Waals surface area contributed by atoms with E-state index in [-0.39, 0.29) is 5.78 Å². The maximum Gasteiger partial charge on any atom is 0.155 e. The maximum absolute atomic E-state index is 11.8. The first-order chi connectivity index (χ1) is 17.6. The highest BCUT2D eigenvalue weighted by molar-refractivity contribution is 5.94. The first kappa shape index (κ1) is 23.1. The van der Waals surface area contributed by atoms with Gasteiger partial charge in [-0.15, -0.1) is 0 Å². The van der Waals surface area contributed by atoms with Crippen LogP contribution in [0.25, 0.3) is 33.0 Å². The van der Waals surface area contributed by atoms with E-state index in [1.807, 2.05) is 48.5 Å². The summed E-state index contributed by atoms with van der Waals surface area (Å²) in [6.45, 7) is 3.56. The fourth-order valence-corrected chi connectivity index (χ4v) is 4.23. The molecule has 36 heavy (non-hydrogen) atoms. The topological polar surface area (TPSA) is 86.5 Å². The van der Waals surface area contributed by atoms with Crippen LogP contribution in [0.1, 0.15) is 12.0 Å². The van der Waals surface area contributed by atoms with Gasteiger partial charge in [-0.2, -0.15) is 0 Å². The average molecular weight is 480 g/mol. The quantitative estimate of drug-likeness (QED) is 0.242. The zero-order valence-electron chi connectivity index (χ0n) is 20.1. The molecule has 0 amide bonds. The molecule has 7 nitrogen and oxygen atoms in total. The van der Waals surface area contributed by atoms with Crippen LogP contribution in [-0.2, 0) is 11.2 Å². The summed E-state index contributed by atoms with van der Waals surface area (Å²) < 4.78 is 16.7. The summed E-state index contributed by atoms with van der Waals surface area (Å²) in [6.07, 6.45) is 5.40. The molecule has 0 aliphatic heterocycles. The fourth-order valence-electron chi connectivity index (χ4n) is 4.23. The maximum atomic E-state index is 11.8. The van der Waals surface area contributed by atoms with Gasteiger partial charge in [-0.25, -0.2) is 9.97 Å². The van der Waals surface area contributed by atoms with Crippen molar-refractivity contribution in [1.29, 1.82) is 0 Å². The van der Waals surface area contributed by atoms with Gasteiger partial charge in [0.25, 0.3) is 0 Å².